The van der Waals surface area contributed by atoms with Crippen LogP contribution in [0.15, 0.2) is 12.4 Å². The minimum absolute atomic E-state index is 0.578. The van der Waals surface area contributed by atoms with E-state index in [1.807, 2.05) is 6.07 Å². The van der Waals surface area contributed by atoms with Gasteiger partial charge in [0.15, 0.2) is 0 Å². The van der Waals surface area contributed by atoms with Crippen LogP contribution >= 0.6 is 0 Å². The van der Waals surface area contributed by atoms with Crippen LogP contribution in [-0.2, 0) is 0 Å². The fraction of sp³-hybridized carbons (Fsp3) is 0.692. The van der Waals surface area contributed by atoms with E-state index in [1.54, 1.807) is 6.33 Å². The summed E-state index contributed by atoms with van der Waals surface area (Å²) in [5.41, 5.74) is 5.76. The van der Waals surface area contributed by atoms with E-state index in [-0.39, 0.29) is 0 Å². The Bertz CT molecular complexity index is 372. The zero-order valence-electron chi connectivity index (χ0n) is 11.0. The Morgan fingerprint density at radius 2 is 2.39 bits per heavy atom. The first-order chi connectivity index (χ1) is 8.83. The van der Waals surface area contributed by atoms with Crippen LogP contribution in [0.25, 0.3) is 0 Å². The molecule has 1 fully saturated rings. The van der Waals surface area contributed by atoms with E-state index in [4.69, 9.17) is 10.5 Å². The molecule has 1 aliphatic rings. The highest BCUT2D eigenvalue weighted by molar-refractivity contribution is 5.41. The number of hydrogen-bond acceptors (Lipinski definition) is 5. The molecule has 2 N–H and O–H groups in total. The lowest BCUT2D eigenvalue weighted by Gasteiger charge is -2.32. The van der Waals surface area contributed by atoms with Crippen molar-refractivity contribution < 1.29 is 4.74 Å². The van der Waals surface area contributed by atoms with Crippen molar-refractivity contribution in [1.82, 2.24) is 9.97 Å². The van der Waals surface area contributed by atoms with E-state index in [0.717, 1.165) is 31.9 Å². The zero-order valence-corrected chi connectivity index (χ0v) is 11.0. The summed E-state index contributed by atoms with van der Waals surface area (Å²) in [6, 6.07) is 1.93. The first-order valence-corrected chi connectivity index (χ1v) is 6.73. The number of rotatable bonds is 5. The number of anilines is 1. The van der Waals surface area contributed by atoms with Crippen LogP contribution in [0.5, 0.6) is 5.88 Å². The number of hydrogen-bond donors (Lipinski definition) is 1. The Kier molecular flexibility index (Phi) is 4.75. The second-order valence-electron chi connectivity index (χ2n) is 4.75. The minimum atomic E-state index is 0.578. The fourth-order valence-corrected chi connectivity index (χ4v) is 2.25. The second-order valence-corrected chi connectivity index (χ2v) is 4.75. The van der Waals surface area contributed by atoms with Gasteiger partial charge in [0.05, 0.1) is 6.61 Å². The van der Waals surface area contributed by atoms with Crippen molar-refractivity contribution in [3.8, 4) is 5.88 Å². The van der Waals surface area contributed by atoms with Gasteiger partial charge in [0.1, 0.15) is 12.1 Å². The summed E-state index contributed by atoms with van der Waals surface area (Å²) in [5, 5.41) is 0. The van der Waals surface area contributed by atoms with Crippen molar-refractivity contribution in [2.45, 2.75) is 26.2 Å². The first-order valence-electron chi connectivity index (χ1n) is 6.73. The molecule has 1 aromatic rings. The topological polar surface area (TPSA) is 64.3 Å². The molecule has 5 heteroatoms. The van der Waals surface area contributed by atoms with Crippen molar-refractivity contribution >= 4 is 5.82 Å². The maximum atomic E-state index is 5.76. The average molecular weight is 250 g/mol. The smallest absolute Gasteiger partial charge is 0.218 e. The normalized spacial score (nSPS) is 19.9. The molecular weight excluding hydrogens is 228 g/mol. The Labute approximate surface area is 108 Å². The maximum Gasteiger partial charge on any atom is 0.218 e. The molecule has 0 amide bonds. The summed E-state index contributed by atoms with van der Waals surface area (Å²) < 4.78 is 5.54. The molecule has 0 spiro atoms. The third-order valence-corrected chi connectivity index (χ3v) is 3.26. The van der Waals surface area contributed by atoms with Gasteiger partial charge in [0.25, 0.3) is 0 Å². The fourth-order valence-electron chi connectivity index (χ4n) is 2.25. The maximum absolute atomic E-state index is 5.76. The molecule has 0 radical (unpaired) electrons. The lowest BCUT2D eigenvalue weighted by Crippen LogP contribution is -2.38. The highest BCUT2D eigenvalue weighted by atomic mass is 16.5. The first kappa shape index (κ1) is 13.1. The van der Waals surface area contributed by atoms with Gasteiger partial charge in [-0.2, -0.15) is 0 Å². The van der Waals surface area contributed by atoms with Gasteiger partial charge >= 0.3 is 0 Å². The quantitative estimate of drug-likeness (QED) is 0.856. The molecule has 1 saturated heterocycles. The van der Waals surface area contributed by atoms with E-state index in [1.165, 1.54) is 12.8 Å². The largest absolute Gasteiger partial charge is 0.478 e. The van der Waals surface area contributed by atoms with Crippen molar-refractivity contribution in [3.63, 3.8) is 0 Å². The van der Waals surface area contributed by atoms with Crippen molar-refractivity contribution in [3.05, 3.63) is 12.4 Å². The van der Waals surface area contributed by atoms with Crippen LogP contribution < -0.4 is 15.4 Å². The van der Waals surface area contributed by atoms with E-state index < -0.39 is 0 Å². The van der Waals surface area contributed by atoms with Gasteiger partial charge in [-0.1, -0.05) is 6.92 Å². The van der Waals surface area contributed by atoms with Gasteiger partial charge in [-0.3, -0.25) is 0 Å². The number of nitrogens with zero attached hydrogens (tertiary/aromatic N) is 3. The molecule has 2 rings (SSSR count). The van der Waals surface area contributed by atoms with Crippen LogP contribution in [0.2, 0.25) is 0 Å². The minimum Gasteiger partial charge on any atom is -0.478 e. The molecule has 0 saturated carbocycles. The molecule has 1 aliphatic heterocycles. The van der Waals surface area contributed by atoms with Crippen LogP contribution in [0.1, 0.15) is 26.2 Å². The summed E-state index contributed by atoms with van der Waals surface area (Å²) in [5.74, 6) is 2.19. The molecular formula is C13H22N4O. The van der Waals surface area contributed by atoms with Crippen molar-refractivity contribution in [2.24, 2.45) is 11.7 Å². The molecule has 0 aliphatic carbocycles. The number of aromatic nitrogens is 2. The van der Waals surface area contributed by atoms with E-state index >= 15 is 0 Å². The summed E-state index contributed by atoms with van der Waals surface area (Å²) in [6.45, 7) is 5.56. The van der Waals surface area contributed by atoms with Gasteiger partial charge < -0.3 is 15.4 Å². The van der Waals surface area contributed by atoms with Crippen LogP contribution in [0.3, 0.4) is 0 Å². The third kappa shape index (κ3) is 3.32. The highest BCUT2D eigenvalue weighted by Gasteiger charge is 2.20. The molecule has 0 aromatic carbocycles. The molecule has 100 valence electrons. The molecule has 0 bridgehead atoms. The van der Waals surface area contributed by atoms with Gasteiger partial charge in [-0.05, 0) is 31.7 Å². The zero-order chi connectivity index (χ0) is 12.8. The van der Waals surface area contributed by atoms with Gasteiger partial charge in [0, 0.05) is 19.2 Å². The standard InChI is InChI=1S/C13H22N4O/c1-2-6-18-13-7-12(15-10-16-13)17-5-3-4-11(8-14)9-17/h7,10-11H,2-6,8-9,14H2,1H3. The molecule has 18 heavy (non-hydrogen) atoms. The molecule has 1 atom stereocenters. The van der Waals surface area contributed by atoms with E-state index in [9.17, 15) is 0 Å². The van der Waals surface area contributed by atoms with Crippen molar-refractivity contribution in [1.29, 1.82) is 0 Å². The van der Waals surface area contributed by atoms with Crippen molar-refractivity contribution in [2.75, 3.05) is 31.1 Å². The lowest BCUT2D eigenvalue weighted by molar-refractivity contribution is 0.304. The second kappa shape index (κ2) is 6.54. The monoisotopic (exact) mass is 250 g/mol. The Morgan fingerprint density at radius 3 is 3.17 bits per heavy atom. The summed E-state index contributed by atoms with van der Waals surface area (Å²) >= 11 is 0. The number of piperidine rings is 1. The van der Waals surface area contributed by atoms with Gasteiger partial charge in [0.2, 0.25) is 5.88 Å². The Morgan fingerprint density at radius 1 is 1.50 bits per heavy atom. The van der Waals surface area contributed by atoms with Gasteiger partial charge in [-0.15, -0.1) is 0 Å². The van der Waals surface area contributed by atoms with Gasteiger partial charge in [-0.25, -0.2) is 9.97 Å². The van der Waals surface area contributed by atoms with E-state index in [2.05, 4.69) is 21.8 Å². The molecule has 1 aromatic heterocycles. The summed E-state index contributed by atoms with van der Waals surface area (Å²) in [7, 11) is 0. The Hall–Kier alpha value is -1.36. The van der Waals surface area contributed by atoms with Crippen LogP contribution in [-0.4, -0.2) is 36.2 Å². The lowest BCUT2D eigenvalue weighted by atomic mass is 9.98. The molecule has 2 heterocycles. The highest BCUT2D eigenvalue weighted by Crippen LogP contribution is 2.22. The molecule has 5 nitrogen and oxygen atoms in total. The van der Waals surface area contributed by atoms with Crippen LogP contribution in [0.4, 0.5) is 5.82 Å². The predicted octanol–water partition coefficient (Wildman–Crippen LogP) is 1.44. The SMILES string of the molecule is CCCOc1cc(N2CCCC(CN)C2)ncn1. The average Bonchev–Trinajstić information content (AvgIpc) is 2.45. The molecule has 1 unspecified atom stereocenters. The number of ether oxygens (including phenoxy) is 1. The predicted molar refractivity (Wildman–Crippen MR) is 71.8 cm³/mol. The third-order valence-electron chi connectivity index (χ3n) is 3.26. The van der Waals surface area contributed by atoms with Crippen LogP contribution in [0, 0.1) is 5.92 Å². The number of nitrogens with two attached hydrogens (primary N) is 1. The van der Waals surface area contributed by atoms with E-state index in [0.29, 0.717) is 18.4 Å². The summed E-state index contributed by atoms with van der Waals surface area (Å²) in [4.78, 5) is 10.7. The summed E-state index contributed by atoms with van der Waals surface area (Å²) in [6.07, 6.45) is 4.96. The Balaban J connectivity index is 2.02.